The Labute approximate surface area is 110 Å². The van der Waals surface area contributed by atoms with Gasteiger partial charge >= 0.3 is 0 Å². The lowest BCUT2D eigenvalue weighted by Crippen LogP contribution is -2.45. The zero-order chi connectivity index (χ0) is 13.0. The van der Waals surface area contributed by atoms with Crippen LogP contribution in [0.5, 0.6) is 5.75 Å². The SMILES string of the molecule is COc1ccc(C)cc1CNCC1(CN)CCC1. The van der Waals surface area contributed by atoms with Gasteiger partial charge in [0, 0.05) is 18.7 Å². The third kappa shape index (κ3) is 2.85. The number of hydrogen-bond donors (Lipinski definition) is 2. The summed E-state index contributed by atoms with van der Waals surface area (Å²) in [6, 6.07) is 6.30. The first-order chi connectivity index (χ1) is 8.69. The zero-order valence-electron chi connectivity index (χ0n) is 11.5. The van der Waals surface area contributed by atoms with Crippen LogP contribution in [-0.2, 0) is 6.54 Å². The maximum absolute atomic E-state index is 5.86. The van der Waals surface area contributed by atoms with Crippen LogP contribution >= 0.6 is 0 Å². The third-order valence-corrected chi connectivity index (χ3v) is 4.10. The molecular weight excluding hydrogens is 224 g/mol. The molecule has 1 saturated carbocycles. The number of ether oxygens (including phenoxy) is 1. The van der Waals surface area contributed by atoms with E-state index in [1.54, 1.807) is 7.11 Å². The molecule has 0 radical (unpaired) electrons. The van der Waals surface area contributed by atoms with Gasteiger partial charge in [-0.1, -0.05) is 24.1 Å². The van der Waals surface area contributed by atoms with E-state index in [0.717, 1.165) is 25.4 Å². The van der Waals surface area contributed by atoms with Crippen LogP contribution in [-0.4, -0.2) is 20.2 Å². The summed E-state index contributed by atoms with van der Waals surface area (Å²) in [5.74, 6) is 0.962. The Morgan fingerprint density at radius 3 is 2.72 bits per heavy atom. The molecule has 18 heavy (non-hydrogen) atoms. The molecule has 0 spiro atoms. The molecule has 0 aromatic heterocycles. The lowest BCUT2D eigenvalue weighted by molar-refractivity contribution is 0.140. The normalized spacial score (nSPS) is 17.3. The van der Waals surface area contributed by atoms with E-state index in [1.807, 2.05) is 6.07 Å². The van der Waals surface area contributed by atoms with E-state index in [-0.39, 0.29) is 0 Å². The summed E-state index contributed by atoms with van der Waals surface area (Å²) in [6.45, 7) is 4.77. The van der Waals surface area contributed by atoms with Crippen LogP contribution in [0.15, 0.2) is 18.2 Å². The van der Waals surface area contributed by atoms with Crippen molar-refractivity contribution in [3.05, 3.63) is 29.3 Å². The predicted molar refractivity (Wildman–Crippen MR) is 74.8 cm³/mol. The first-order valence-corrected chi connectivity index (χ1v) is 6.73. The number of nitrogens with one attached hydrogen (secondary N) is 1. The lowest BCUT2D eigenvalue weighted by atomic mass is 9.69. The minimum absolute atomic E-state index is 0.358. The Kier molecular flexibility index (Phi) is 4.25. The van der Waals surface area contributed by atoms with Gasteiger partial charge in [0.1, 0.15) is 5.75 Å². The van der Waals surface area contributed by atoms with Gasteiger partial charge in [-0.25, -0.2) is 0 Å². The van der Waals surface area contributed by atoms with Crippen LogP contribution in [0.25, 0.3) is 0 Å². The van der Waals surface area contributed by atoms with Crippen molar-refractivity contribution in [2.24, 2.45) is 11.1 Å². The molecule has 1 aromatic carbocycles. The average molecular weight is 248 g/mol. The summed E-state index contributed by atoms with van der Waals surface area (Å²) in [6.07, 6.45) is 3.86. The Morgan fingerprint density at radius 2 is 2.17 bits per heavy atom. The van der Waals surface area contributed by atoms with Gasteiger partial charge in [-0.2, -0.15) is 0 Å². The maximum Gasteiger partial charge on any atom is 0.123 e. The molecule has 1 aliphatic rings. The molecule has 0 bridgehead atoms. The molecule has 0 heterocycles. The molecule has 100 valence electrons. The Morgan fingerprint density at radius 1 is 1.39 bits per heavy atom. The highest BCUT2D eigenvalue weighted by molar-refractivity contribution is 5.36. The van der Waals surface area contributed by atoms with E-state index in [2.05, 4.69) is 24.4 Å². The standard InChI is InChI=1S/C15H24N2O/c1-12-4-5-14(18-2)13(8-12)9-17-11-15(10-16)6-3-7-15/h4-5,8,17H,3,6-7,9-11,16H2,1-2H3. The van der Waals surface area contributed by atoms with Crippen molar-refractivity contribution in [1.82, 2.24) is 5.32 Å². The second kappa shape index (κ2) is 5.72. The van der Waals surface area contributed by atoms with Crippen molar-refractivity contribution in [1.29, 1.82) is 0 Å². The van der Waals surface area contributed by atoms with Crippen LogP contribution in [0, 0.1) is 12.3 Å². The average Bonchev–Trinajstić information content (AvgIpc) is 2.33. The van der Waals surface area contributed by atoms with Gasteiger partial charge in [0.25, 0.3) is 0 Å². The molecule has 0 saturated heterocycles. The highest BCUT2D eigenvalue weighted by Gasteiger charge is 2.34. The lowest BCUT2D eigenvalue weighted by Gasteiger charge is -2.41. The highest BCUT2D eigenvalue weighted by atomic mass is 16.5. The van der Waals surface area contributed by atoms with Crippen LogP contribution in [0.2, 0.25) is 0 Å². The molecule has 0 aliphatic heterocycles. The van der Waals surface area contributed by atoms with E-state index < -0.39 is 0 Å². The Bertz CT molecular complexity index is 394. The van der Waals surface area contributed by atoms with Gasteiger partial charge in [0.05, 0.1) is 7.11 Å². The van der Waals surface area contributed by atoms with Crippen LogP contribution in [0.1, 0.15) is 30.4 Å². The second-order valence-electron chi connectivity index (χ2n) is 5.48. The van der Waals surface area contributed by atoms with Crippen LogP contribution in [0.3, 0.4) is 0 Å². The molecule has 1 aliphatic carbocycles. The first kappa shape index (κ1) is 13.4. The fourth-order valence-corrected chi connectivity index (χ4v) is 2.64. The number of hydrogen-bond acceptors (Lipinski definition) is 3. The number of methoxy groups -OCH3 is 1. The van der Waals surface area contributed by atoms with Crippen molar-refractivity contribution < 1.29 is 4.74 Å². The van der Waals surface area contributed by atoms with E-state index in [9.17, 15) is 0 Å². The third-order valence-electron chi connectivity index (χ3n) is 4.10. The number of benzene rings is 1. The van der Waals surface area contributed by atoms with Gasteiger partial charge in [0.2, 0.25) is 0 Å². The van der Waals surface area contributed by atoms with Gasteiger partial charge in [-0.3, -0.25) is 0 Å². The number of rotatable bonds is 6. The molecule has 1 aromatic rings. The maximum atomic E-state index is 5.86. The monoisotopic (exact) mass is 248 g/mol. The second-order valence-corrected chi connectivity index (χ2v) is 5.48. The quantitative estimate of drug-likeness (QED) is 0.811. The summed E-state index contributed by atoms with van der Waals surface area (Å²) in [4.78, 5) is 0. The van der Waals surface area contributed by atoms with Gasteiger partial charge in [0.15, 0.2) is 0 Å². The molecule has 3 N–H and O–H groups in total. The smallest absolute Gasteiger partial charge is 0.123 e. The zero-order valence-corrected chi connectivity index (χ0v) is 11.5. The Hall–Kier alpha value is -1.06. The van der Waals surface area contributed by atoms with Crippen LogP contribution < -0.4 is 15.8 Å². The molecular formula is C15H24N2O. The topological polar surface area (TPSA) is 47.3 Å². The predicted octanol–water partition coefficient (Wildman–Crippen LogP) is 2.22. The van der Waals surface area contributed by atoms with Crippen molar-refractivity contribution in [3.8, 4) is 5.75 Å². The van der Waals surface area contributed by atoms with E-state index in [4.69, 9.17) is 10.5 Å². The molecule has 0 atom stereocenters. The minimum Gasteiger partial charge on any atom is -0.496 e. The first-order valence-electron chi connectivity index (χ1n) is 6.73. The summed E-state index contributed by atoms with van der Waals surface area (Å²) in [7, 11) is 1.72. The Balaban J connectivity index is 1.91. The summed E-state index contributed by atoms with van der Waals surface area (Å²) >= 11 is 0. The van der Waals surface area contributed by atoms with E-state index in [0.29, 0.717) is 5.41 Å². The van der Waals surface area contributed by atoms with Gasteiger partial charge in [-0.15, -0.1) is 0 Å². The minimum atomic E-state index is 0.358. The van der Waals surface area contributed by atoms with Crippen molar-refractivity contribution in [2.75, 3.05) is 20.2 Å². The van der Waals surface area contributed by atoms with Crippen molar-refractivity contribution in [3.63, 3.8) is 0 Å². The molecule has 2 rings (SSSR count). The van der Waals surface area contributed by atoms with Crippen molar-refractivity contribution in [2.45, 2.75) is 32.7 Å². The summed E-state index contributed by atoms with van der Waals surface area (Å²) in [5, 5.41) is 3.54. The molecule has 3 heteroatoms. The number of aryl methyl sites for hydroxylation is 1. The van der Waals surface area contributed by atoms with Gasteiger partial charge < -0.3 is 15.8 Å². The summed E-state index contributed by atoms with van der Waals surface area (Å²) < 4.78 is 5.38. The molecule has 3 nitrogen and oxygen atoms in total. The van der Waals surface area contributed by atoms with E-state index in [1.165, 1.54) is 30.4 Å². The number of nitrogens with two attached hydrogens (primary N) is 1. The fraction of sp³-hybridized carbons (Fsp3) is 0.600. The van der Waals surface area contributed by atoms with Crippen LogP contribution in [0.4, 0.5) is 0 Å². The molecule has 0 unspecified atom stereocenters. The summed E-state index contributed by atoms with van der Waals surface area (Å²) in [5.41, 5.74) is 8.72. The molecule has 0 amide bonds. The van der Waals surface area contributed by atoms with Crippen molar-refractivity contribution >= 4 is 0 Å². The largest absolute Gasteiger partial charge is 0.496 e. The van der Waals surface area contributed by atoms with E-state index >= 15 is 0 Å². The fourth-order valence-electron chi connectivity index (χ4n) is 2.64. The molecule has 1 fully saturated rings. The van der Waals surface area contributed by atoms with Gasteiger partial charge in [-0.05, 0) is 37.8 Å². The highest BCUT2D eigenvalue weighted by Crippen LogP contribution is 2.39.